The van der Waals surface area contributed by atoms with Gasteiger partial charge in [0.05, 0.1) is 5.69 Å². The summed E-state index contributed by atoms with van der Waals surface area (Å²) >= 11 is 0. The summed E-state index contributed by atoms with van der Waals surface area (Å²) < 4.78 is 5.15. The predicted molar refractivity (Wildman–Crippen MR) is 77.9 cm³/mol. The first-order valence-electron chi connectivity index (χ1n) is 6.91. The minimum absolute atomic E-state index is 0.0575. The van der Waals surface area contributed by atoms with Gasteiger partial charge in [0.1, 0.15) is 11.4 Å². The molecule has 0 aliphatic carbocycles. The molecule has 5 nitrogen and oxygen atoms in total. The minimum atomic E-state index is -0.570. The lowest BCUT2D eigenvalue weighted by Crippen LogP contribution is -2.27. The summed E-state index contributed by atoms with van der Waals surface area (Å²) in [7, 11) is 0. The number of hydrogen-bond acceptors (Lipinski definition) is 4. The molecule has 2 rings (SSSR count). The van der Waals surface area contributed by atoms with Crippen molar-refractivity contribution in [3.05, 3.63) is 23.8 Å². The molecular formula is C15H22N2O3. The van der Waals surface area contributed by atoms with Crippen molar-refractivity contribution in [2.24, 2.45) is 0 Å². The van der Waals surface area contributed by atoms with E-state index < -0.39 is 11.7 Å². The Morgan fingerprint density at radius 1 is 1.45 bits per heavy atom. The third kappa shape index (κ3) is 3.87. The van der Waals surface area contributed by atoms with Crippen LogP contribution in [0.3, 0.4) is 0 Å². The molecule has 1 aromatic carbocycles. The molecule has 1 fully saturated rings. The van der Waals surface area contributed by atoms with Gasteiger partial charge in [0.2, 0.25) is 0 Å². The molecule has 5 heteroatoms. The lowest BCUT2D eigenvalue weighted by atomic mass is 10.0. The largest absolute Gasteiger partial charge is 0.506 e. The second kappa shape index (κ2) is 5.71. The quantitative estimate of drug-likeness (QED) is 0.727. The highest BCUT2D eigenvalue weighted by atomic mass is 16.6. The van der Waals surface area contributed by atoms with Crippen molar-refractivity contribution in [3.8, 4) is 5.75 Å². The first kappa shape index (κ1) is 14.7. The normalized spacial score (nSPS) is 18.9. The fraction of sp³-hybridized carbons (Fsp3) is 0.533. The van der Waals surface area contributed by atoms with Crippen LogP contribution in [0, 0.1) is 0 Å². The van der Waals surface area contributed by atoms with E-state index in [2.05, 4.69) is 10.6 Å². The number of benzene rings is 1. The smallest absolute Gasteiger partial charge is 0.412 e. The van der Waals surface area contributed by atoms with Gasteiger partial charge in [-0.25, -0.2) is 4.79 Å². The van der Waals surface area contributed by atoms with Gasteiger partial charge in [-0.1, -0.05) is 6.07 Å². The maximum Gasteiger partial charge on any atom is 0.412 e. The van der Waals surface area contributed by atoms with Crippen molar-refractivity contribution >= 4 is 11.8 Å². The number of hydrogen-bond donors (Lipinski definition) is 3. The number of rotatable bonds is 2. The number of aromatic hydroxyl groups is 1. The number of amides is 1. The third-order valence-electron chi connectivity index (χ3n) is 3.12. The van der Waals surface area contributed by atoms with Crippen molar-refractivity contribution < 1.29 is 14.6 Å². The van der Waals surface area contributed by atoms with Crippen LogP contribution in [0.25, 0.3) is 0 Å². The maximum atomic E-state index is 11.7. The second-order valence-electron chi connectivity index (χ2n) is 6.05. The van der Waals surface area contributed by atoms with E-state index in [9.17, 15) is 9.90 Å². The zero-order valence-electron chi connectivity index (χ0n) is 12.2. The van der Waals surface area contributed by atoms with E-state index in [1.807, 2.05) is 6.07 Å². The molecule has 0 aromatic heterocycles. The van der Waals surface area contributed by atoms with E-state index in [-0.39, 0.29) is 11.8 Å². The molecule has 1 aromatic rings. The van der Waals surface area contributed by atoms with Crippen molar-refractivity contribution in [1.82, 2.24) is 5.32 Å². The number of carbonyl (C=O) groups is 1. The Bertz CT molecular complexity index is 488. The summed E-state index contributed by atoms with van der Waals surface area (Å²) in [6.07, 6.45) is 1.64. The lowest BCUT2D eigenvalue weighted by Gasteiger charge is -2.20. The number of phenolic OH excluding ortho intramolecular Hbond substituents is 1. The van der Waals surface area contributed by atoms with Crippen LogP contribution in [0.5, 0.6) is 5.75 Å². The first-order valence-corrected chi connectivity index (χ1v) is 6.91. The van der Waals surface area contributed by atoms with Gasteiger partial charge in [-0.3, -0.25) is 5.32 Å². The molecule has 0 radical (unpaired) electrons. The van der Waals surface area contributed by atoms with Crippen molar-refractivity contribution in [2.75, 3.05) is 11.9 Å². The van der Waals surface area contributed by atoms with Crippen LogP contribution in [0.15, 0.2) is 18.2 Å². The molecule has 1 saturated heterocycles. The van der Waals surface area contributed by atoms with E-state index in [0.29, 0.717) is 5.69 Å². The Kier molecular flexibility index (Phi) is 4.18. The number of phenols is 1. The predicted octanol–water partition coefficient (Wildman–Crippen LogP) is 3.16. The Morgan fingerprint density at radius 3 is 2.75 bits per heavy atom. The van der Waals surface area contributed by atoms with Crippen molar-refractivity contribution in [2.45, 2.75) is 45.3 Å². The van der Waals surface area contributed by atoms with Gasteiger partial charge >= 0.3 is 6.09 Å². The van der Waals surface area contributed by atoms with Crippen LogP contribution in [0.2, 0.25) is 0 Å². The summed E-state index contributed by atoms with van der Waals surface area (Å²) in [6.45, 7) is 6.38. The summed E-state index contributed by atoms with van der Waals surface area (Å²) in [6, 6.07) is 5.59. The highest BCUT2D eigenvalue weighted by molar-refractivity contribution is 5.86. The van der Waals surface area contributed by atoms with E-state index in [1.165, 1.54) is 0 Å². The fourth-order valence-corrected chi connectivity index (χ4v) is 2.25. The highest BCUT2D eigenvalue weighted by Crippen LogP contribution is 2.30. The molecule has 1 unspecified atom stereocenters. The topological polar surface area (TPSA) is 70.6 Å². The first-order chi connectivity index (χ1) is 9.35. The molecule has 110 valence electrons. The molecule has 0 saturated carbocycles. The second-order valence-corrected chi connectivity index (χ2v) is 6.05. The Labute approximate surface area is 119 Å². The van der Waals surface area contributed by atoms with Gasteiger partial charge in [-0.2, -0.15) is 0 Å². The maximum absolute atomic E-state index is 11.7. The zero-order valence-corrected chi connectivity index (χ0v) is 12.2. The number of ether oxygens (including phenoxy) is 1. The van der Waals surface area contributed by atoms with Crippen molar-refractivity contribution in [3.63, 3.8) is 0 Å². The van der Waals surface area contributed by atoms with Crippen LogP contribution in [0.4, 0.5) is 10.5 Å². The molecule has 1 aliphatic heterocycles. The van der Waals surface area contributed by atoms with E-state index in [4.69, 9.17) is 4.74 Å². The molecule has 0 spiro atoms. The SMILES string of the molecule is CC(C)(C)OC(=O)Nc1ccc(C2CCCN2)cc1O. The van der Waals surface area contributed by atoms with E-state index >= 15 is 0 Å². The van der Waals surface area contributed by atoms with Gasteiger partial charge in [0.15, 0.2) is 0 Å². The zero-order chi connectivity index (χ0) is 14.8. The van der Waals surface area contributed by atoms with Gasteiger partial charge in [-0.15, -0.1) is 0 Å². The summed E-state index contributed by atoms with van der Waals surface area (Å²) in [5.41, 5.74) is 0.837. The molecular weight excluding hydrogens is 256 g/mol. The molecule has 20 heavy (non-hydrogen) atoms. The third-order valence-corrected chi connectivity index (χ3v) is 3.12. The molecule has 1 amide bonds. The van der Waals surface area contributed by atoms with Crippen LogP contribution in [-0.4, -0.2) is 23.3 Å². The molecule has 1 atom stereocenters. The van der Waals surface area contributed by atoms with E-state index in [0.717, 1.165) is 24.9 Å². The molecule has 3 N–H and O–H groups in total. The number of nitrogens with one attached hydrogen (secondary N) is 2. The van der Waals surface area contributed by atoms with Gasteiger partial charge in [0, 0.05) is 6.04 Å². The Morgan fingerprint density at radius 2 is 2.20 bits per heavy atom. The summed E-state index contributed by atoms with van der Waals surface area (Å²) in [5, 5.41) is 15.9. The van der Waals surface area contributed by atoms with Crippen LogP contribution < -0.4 is 10.6 Å². The van der Waals surface area contributed by atoms with Gasteiger partial charge < -0.3 is 15.2 Å². The average molecular weight is 278 g/mol. The van der Waals surface area contributed by atoms with Crippen LogP contribution in [0.1, 0.15) is 45.2 Å². The molecule has 0 bridgehead atoms. The Balaban J connectivity index is 2.04. The number of anilines is 1. The minimum Gasteiger partial charge on any atom is -0.506 e. The van der Waals surface area contributed by atoms with Crippen LogP contribution in [-0.2, 0) is 4.74 Å². The monoisotopic (exact) mass is 278 g/mol. The van der Waals surface area contributed by atoms with Crippen molar-refractivity contribution in [1.29, 1.82) is 0 Å². The van der Waals surface area contributed by atoms with Crippen LogP contribution >= 0.6 is 0 Å². The molecule has 1 aliphatic rings. The average Bonchev–Trinajstić information content (AvgIpc) is 2.82. The lowest BCUT2D eigenvalue weighted by molar-refractivity contribution is 0.0635. The summed E-state index contributed by atoms with van der Waals surface area (Å²) in [5.74, 6) is 0.0575. The fourth-order valence-electron chi connectivity index (χ4n) is 2.25. The molecule has 1 heterocycles. The number of carbonyl (C=O) groups excluding carboxylic acids is 1. The Hall–Kier alpha value is -1.75. The standard InChI is InChI=1S/C15H22N2O3/c1-15(2,3)20-14(19)17-12-7-6-10(9-13(12)18)11-5-4-8-16-11/h6-7,9,11,16,18H,4-5,8H2,1-3H3,(H,17,19). The summed E-state index contributed by atoms with van der Waals surface area (Å²) in [4.78, 5) is 11.7. The van der Waals surface area contributed by atoms with E-state index in [1.54, 1.807) is 32.9 Å². The highest BCUT2D eigenvalue weighted by Gasteiger charge is 2.19. The van der Waals surface area contributed by atoms with Gasteiger partial charge in [0.25, 0.3) is 0 Å². The van der Waals surface area contributed by atoms with Gasteiger partial charge in [-0.05, 0) is 57.9 Å².